The molecule has 1 rings (SSSR count). The van der Waals surface area contributed by atoms with Crippen molar-refractivity contribution >= 4 is 11.0 Å². The van der Waals surface area contributed by atoms with Gasteiger partial charge in [-0.05, 0) is 0 Å². The highest BCUT2D eigenvalue weighted by Crippen LogP contribution is 2.11. The predicted molar refractivity (Wildman–Crippen MR) is 44.9 cm³/mol. The molecule has 0 aliphatic rings. The highest BCUT2D eigenvalue weighted by molar-refractivity contribution is 7.67. The van der Waals surface area contributed by atoms with Crippen LogP contribution in [0.25, 0.3) is 0 Å². The van der Waals surface area contributed by atoms with E-state index in [2.05, 4.69) is 9.28 Å². The first-order chi connectivity index (χ1) is 6.13. The second kappa shape index (κ2) is 4.24. The Hall–Kier alpha value is -1.08. The molecular weight excluding hydrogens is 196 g/mol. The topological polar surface area (TPSA) is 70.4 Å². The van der Waals surface area contributed by atoms with Crippen LogP contribution in [0.2, 0.25) is 0 Å². The Balaban J connectivity index is 2.68. The van der Waals surface area contributed by atoms with Crippen molar-refractivity contribution in [3.8, 4) is 5.88 Å². The van der Waals surface area contributed by atoms with Crippen LogP contribution in [0.15, 0.2) is 6.07 Å². The molecule has 74 valence electrons. The number of hydrogen-bond donors (Lipinski definition) is 1. The van der Waals surface area contributed by atoms with Crippen LogP contribution >= 0.6 is 0 Å². The molecule has 13 heavy (non-hydrogen) atoms. The minimum absolute atomic E-state index is 0.0596. The number of aryl methyl sites for hydroxylation is 1. The van der Waals surface area contributed by atoms with Crippen LogP contribution in [-0.4, -0.2) is 25.3 Å². The van der Waals surface area contributed by atoms with E-state index in [0.717, 1.165) is 0 Å². The van der Waals surface area contributed by atoms with E-state index in [0.29, 0.717) is 11.6 Å². The van der Waals surface area contributed by atoms with Crippen LogP contribution in [0.5, 0.6) is 5.88 Å². The van der Waals surface area contributed by atoms with Crippen molar-refractivity contribution in [1.29, 1.82) is 0 Å². The minimum Gasteiger partial charge on any atom is -0.481 e. The maximum Gasteiger partial charge on any atom is 0.257 e. The van der Waals surface area contributed by atoms with Gasteiger partial charge in [0.05, 0.1) is 12.8 Å². The Bertz CT molecular complexity index is 350. The van der Waals surface area contributed by atoms with Crippen molar-refractivity contribution in [1.82, 2.24) is 9.78 Å². The van der Waals surface area contributed by atoms with Gasteiger partial charge in [0.25, 0.3) is 11.0 Å². The maximum absolute atomic E-state index is 10.1. The molecule has 6 nitrogen and oxygen atoms in total. The molecule has 0 saturated heterocycles. The first-order valence-corrected chi connectivity index (χ1v) is 4.57. The number of aromatic nitrogens is 2. The molecule has 0 unspecified atom stereocenters. The van der Waals surface area contributed by atoms with Crippen LogP contribution < -0.4 is 4.74 Å². The van der Waals surface area contributed by atoms with Crippen molar-refractivity contribution in [2.45, 2.75) is 6.61 Å². The first kappa shape index (κ1) is 10.0. The lowest BCUT2D eigenvalue weighted by Gasteiger charge is -1.95. The lowest BCUT2D eigenvalue weighted by atomic mass is 10.5. The largest absolute Gasteiger partial charge is 0.481 e. The summed E-state index contributed by atoms with van der Waals surface area (Å²) >= 11 is 0. The van der Waals surface area contributed by atoms with Crippen molar-refractivity contribution in [2.24, 2.45) is 7.05 Å². The van der Waals surface area contributed by atoms with E-state index >= 15 is 0 Å². The maximum atomic E-state index is 10.1. The number of nitrogens with zero attached hydrogens (tertiary/aromatic N) is 2. The van der Waals surface area contributed by atoms with E-state index in [-0.39, 0.29) is 6.61 Å². The van der Waals surface area contributed by atoms with Gasteiger partial charge in [0.1, 0.15) is 6.61 Å². The van der Waals surface area contributed by atoms with Crippen LogP contribution in [0, 0.1) is 0 Å². The molecular formula is C6H10N2O4S. The summed E-state index contributed by atoms with van der Waals surface area (Å²) in [5.41, 5.74) is 0.513. The molecule has 0 aromatic carbocycles. The lowest BCUT2D eigenvalue weighted by Crippen LogP contribution is -1.96. The summed E-state index contributed by atoms with van der Waals surface area (Å²) in [6.07, 6.45) is 0. The van der Waals surface area contributed by atoms with Crippen molar-refractivity contribution < 1.29 is 17.3 Å². The molecule has 7 heteroatoms. The number of rotatable bonds is 4. The van der Waals surface area contributed by atoms with Crippen LogP contribution in [-0.2, 0) is 28.8 Å². The van der Waals surface area contributed by atoms with Gasteiger partial charge < -0.3 is 4.74 Å². The van der Waals surface area contributed by atoms with E-state index in [1.165, 1.54) is 11.8 Å². The van der Waals surface area contributed by atoms with Crippen LogP contribution in [0.4, 0.5) is 0 Å². The fourth-order valence-electron chi connectivity index (χ4n) is 0.887. The normalized spacial score (nSPS) is 10.7. The first-order valence-electron chi connectivity index (χ1n) is 3.47. The van der Waals surface area contributed by atoms with E-state index in [1.54, 1.807) is 13.1 Å². The lowest BCUT2D eigenvalue weighted by molar-refractivity contribution is 0.317. The number of thiol groups is 1. The smallest absolute Gasteiger partial charge is 0.257 e. The van der Waals surface area contributed by atoms with Gasteiger partial charge in [-0.3, -0.25) is 4.18 Å². The molecule has 0 aliphatic heterocycles. The molecule has 1 heterocycles. The third kappa shape index (κ3) is 2.71. The molecule has 1 aromatic rings. The van der Waals surface area contributed by atoms with Gasteiger partial charge in [0.2, 0.25) is 5.88 Å². The van der Waals surface area contributed by atoms with Gasteiger partial charge in [0.15, 0.2) is 0 Å². The van der Waals surface area contributed by atoms with Crippen molar-refractivity contribution in [2.75, 3.05) is 7.11 Å². The van der Waals surface area contributed by atoms with Crippen molar-refractivity contribution in [3.05, 3.63) is 11.8 Å². The molecule has 0 atom stereocenters. The summed E-state index contributed by atoms with van der Waals surface area (Å²) in [7, 11) is 0.385. The third-order valence-corrected chi connectivity index (χ3v) is 1.75. The highest BCUT2D eigenvalue weighted by atomic mass is 32.2. The number of ether oxygens (including phenoxy) is 1. The van der Waals surface area contributed by atoms with E-state index in [9.17, 15) is 8.42 Å². The fraction of sp³-hybridized carbons (Fsp3) is 0.500. The van der Waals surface area contributed by atoms with E-state index < -0.39 is 11.0 Å². The molecule has 0 spiro atoms. The molecule has 1 aromatic heterocycles. The monoisotopic (exact) mass is 206 g/mol. The zero-order valence-corrected chi connectivity index (χ0v) is 8.15. The molecule has 0 saturated carbocycles. The summed E-state index contributed by atoms with van der Waals surface area (Å²) in [6.45, 7) is -0.0596. The second-order valence-corrected chi connectivity index (χ2v) is 3.00. The molecule has 0 N–H and O–H groups in total. The quantitative estimate of drug-likeness (QED) is 0.671. The summed E-state index contributed by atoms with van der Waals surface area (Å²) in [5.74, 6) is 0.555. The number of methoxy groups -OCH3 is 1. The summed E-state index contributed by atoms with van der Waals surface area (Å²) in [4.78, 5) is 0. The zero-order valence-electron chi connectivity index (χ0n) is 7.26. The zero-order chi connectivity index (χ0) is 9.84. The SMILES string of the molecule is COc1cc(CO[SH](=O)=O)nn1C. The minimum atomic E-state index is -2.82. The van der Waals surface area contributed by atoms with Gasteiger partial charge in [-0.2, -0.15) is 5.10 Å². The highest BCUT2D eigenvalue weighted by Gasteiger charge is 2.04. The molecule has 0 fully saturated rings. The second-order valence-electron chi connectivity index (χ2n) is 2.30. The average Bonchev–Trinajstić information content (AvgIpc) is 2.43. The summed E-state index contributed by atoms with van der Waals surface area (Å²) < 4.78 is 31.0. The van der Waals surface area contributed by atoms with Gasteiger partial charge in [-0.1, -0.05) is 0 Å². The molecule has 0 bridgehead atoms. The Morgan fingerprint density at radius 3 is 2.77 bits per heavy atom. The summed E-state index contributed by atoms with van der Waals surface area (Å²) in [5, 5.41) is 3.95. The third-order valence-electron chi connectivity index (χ3n) is 1.41. The van der Waals surface area contributed by atoms with Gasteiger partial charge in [-0.15, -0.1) is 0 Å². The van der Waals surface area contributed by atoms with Crippen molar-refractivity contribution in [3.63, 3.8) is 0 Å². The predicted octanol–water partition coefficient (Wildman–Crippen LogP) is -0.528. The Morgan fingerprint density at radius 1 is 1.62 bits per heavy atom. The molecule has 0 radical (unpaired) electrons. The van der Waals surface area contributed by atoms with Gasteiger partial charge >= 0.3 is 0 Å². The molecule has 0 aliphatic carbocycles. The van der Waals surface area contributed by atoms with Crippen LogP contribution in [0.1, 0.15) is 5.69 Å². The van der Waals surface area contributed by atoms with Gasteiger partial charge in [-0.25, -0.2) is 13.1 Å². The Labute approximate surface area is 77.2 Å². The molecule has 0 amide bonds. The average molecular weight is 206 g/mol. The summed E-state index contributed by atoms with van der Waals surface area (Å²) in [6, 6.07) is 1.61. The van der Waals surface area contributed by atoms with Crippen LogP contribution in [0.3, 0.4) is 0 Å². The number of hydrogen-bond acceptors (Lipinski definition) is 5. The van der Waals surface area contributed by atoms with E-state index in [1.807, 2.05) is 0 Å². The Kier molecular flexibility index (Phi) is 3.26. The van der Waals surface area contributed by atoms with E-state index in [4.69, 9.17) is 4.74 Å². The standard InChI is InChI=1S/C6H10N2O4S/c1-8-6(11-2)3-5(7-8)4-12-13(9)10/h3,13H,4H2,1-2H3. The van der Waals surface area contributed by atoms with Gasteiger partial charge in [0, 0.05) is 13.1 Å². The fourth-order valence-corrected chi connectivity index (χ4v) is 1.12. The Morgan fingerprint density at radius 2 is 2.31 bits per heavy atom.